The molecular weight excluding hydrogens is 392 g/mol. The van der Waals surface area contributed by atoms with Gasteiger partial charge in [0, 0.05) is 4.91 Å². The fraction of sp³-hybridized carbons (Fsp3) is 0.611. The summed E-state index contributed by atoms with van der Waals surface area (Å²) in [6.45, 7) is 5.20. The monoisotopic (exact) mass is 416 g/mol. The topological polar surface area (TPSA) is 157 Å². The van der Waals surface area contributed by atoms with Gasteiger partial charge in [0.1, 0.15) is 29.6 Å². The van der Waals surface area contributed by atoms with Crippen LogP contribution in [-0.2, 0) is 20.8 Å². The molecule has 1 aliphatic carbocycles. The number of hydrogen-bond acceptors (Lipinski definition) is 8. The van der Waals surface area contributed by atoms with Gasteiger partial charge in [0.25, 0.3) is 0 Å². The standard InChI is InChI=1S/C18H24N8O4/c1-18(2,3)30-17(28)23-12(16(27)29-11-6-4-5-7-11)8-26-10-22-13-14(24-25-19)20-9-21-15(13)26/h9-12H,4-8H2,1-3H3,(H,23,28)/t12-/m0/s1. The zero-order valence-electron chi connectivity index (χ0n) is 17.1. The summed E-state index contributed by atoms with van der Waals surface area (Å²) in [5.41, 5.74) is 8.60. The van der Waals surface area contributed by atoms with E-state index in [-0.39, 0.29) is 24.0 Å². The Bertz CT molecular complexity index is 970. The molecule has 1 N–H and O–H groups in total. The van der Waals surface area contributed by atoms with Crippen molar-refractivity contribution in [2.24, 2.45) is 5.11 Å². The second-order valence-electron chi connectivity index (χ2n) is 8.00. The fourth-order valence-electron chi connectivity index (χ4n) is 3.20. The minimum Gasteiger partial charge on any atom is -0.461 e. The zero-order chi connectivity index (χ0) is 21.7. The molecule has 0 aromatic carbocycles. The van der Waals surface area contributed by atoms with Gasteiger partial charge in [0.2, 0.25) is 0 Å². The van der Waals surface area contributed by atoms with Gasteiger partial charge in [-0.25, -0.2) is 24.5 Å². The van der Waals surface area contributed by atoms with Crippen LogP contribution in [0.15, 0.2) is 17.8 Å². The molecule has 2 heterocycles. The number of carbonyl (C=O) groups excluding carboxylic acids is 2. The number of alkyl carbamates (subject to hydrolysis) is 1. The number of fused-ring (bicyclic) bond motifs is 1. The molecule has 0 bridgehead atoms. The van der Waals surface area contributed by atoms with Crippen LogP contribution in [-0.4, -0.2) is 49.3 Å². The maximum absolute atomic E-state index is 12.8. The van der Waals surface area contributed by atoms with Crippen LogP contribution in [0, 0.1) is 0 Å². The lowest BCUT2D eigenvalue weighted by atomic mass is 10.2. The van der Waals surface area contributed by atoms with Gasteiger partial charge in [-0.2, -0.15) is 0 Å². The van der Waals surface area contributed by atoms with Gasteiger partial charge in [0.15, 0.2) is 11.5 Å². The van der Waals surface area contributed by atoms with Crippen LogP contribution in [0.25, 0.3) is 21.6 Å². The van der Waals surface area contributed by atoms with Crippen molar-refractivity contribution < 1.29 is 19.1 Å². The SMILES string of the molecule is CC(C)(C)OC(=O)N[C@@H](Cn1cnc2c(N=[N+]=[N-])ncnc21)C(=O)OC1CCCC1. The smallest absolute Gasteiger partial charge is 0.408 e. The van der Waals surface area contributed by atoms with Gasteiger partial charge in [0.05, 0.1) is 12.9 Å². The summed E-state index contributed by atoms with van der Waals surface area (Å²) >= 11 is 0. The van der Waals surface area contributed by atoms with Crippen molar-refractivity contribution in [2.45, 2.75) is 70.7 Å². The van der Waals surface area contributed by atoms with E-state index >= 15 is 0 Å². The van der Waals surface area contributed by atoms with Gasteiger partial charge >= 0.3 is 12.1 Å². The first-order valence-corrected chi connectivity index (χ1v) is 9.68. The maximum Gasteiger partial charge on any atom is 0.408 e. The largest absolute Gasteiger partial charge is 0.461 e. The van der Waals surface area contributed by atoms with E-state index < -0.39 is 23.7 Å². The van der Waals surface area contributed by atoms with E-state index in [9.17, 15) is 9.59 Å². The third-order valence-corrected chi connectivity index (χ3v) is 4.46. The molecule has 0 radical (unpaired) electrons. The van der Waals surface area contributed by atoms with Gasteiger partial charge in [-0.1, -0.05) is 0 Å². The van der Waals surface area contributed by atoms with E-state index in [2.05, 4.69) is 30.3 Å². The summed E-state index contributed by atoms with van der Waals surface area (Å²) in [5.74, 6) is -0.481. The molecule has 12 nitrogen and oxygen atoms in total. The molecular formula is C18H24N8O4. The molecule has 1 fully saturated rings. The van der Waals surface area contributed by atoms with Crippen LogP contribution in [0.3, 0.4) is 0 Å². The number of esters is 1. The van der Waals surface area contributed by atoms with Crippen LogP contribution in [0.2, 0.25) is 0 Å². The number of imidazole rings is 1. The molecule has 2 aromatic rings. The summed E-state index contributed by atoms with van der Waals surface area (Å²) < 4.78 is 12.4. The highest BCUT2D eigenvalue weighted by atomic mass is 16.6. The number of hydrogen-bond donors (Lipinski definition) is 1. The number of azide groups is 1. The zero-order valence-corrected chi connectivity index (χ0v) is 17.1. The Morgan fingerprint density at radius 3 is 2.73 bits per heavy atom. The Hall–Kier alpha value is -3.40. The van der Waals surface area contributed by atoms with Crippen LogP contribution < -0.4 is 5.32 Å². The Labute approximate surface area is 172 Å². The summed E-state index contributed by atoms with van der Waals surface area (Å²) in [4.78, 5) is 40.0. The van der Waals surface area contributed by atoms with Gasteiger partial charge in [-0.15, -0.1) is 0 Å². The van der Waals surface area contributed by atoms with E-state index in [4.69, 9.17) is 15.0 Å². The number of aromatic nitrogens is 4. The molecule has 2 aromatic heterocycles. The van der Waals surface area contributed by atoms with Crippen LogP contribution in [0.4, 0.5) is 10.6 Å². The first-order valence-electron chi connectivity index (χ1n) is 9.68. The highest BCUT2D eigenvalue weighted by molar-refractivity contribution is 5.83. The normalized spacial score (nSPS) is 15.4. The van der Waals surface area contributed by atoms with Gasteiger partial charge < -0.3 is 19.4 Å². The van der Waals surface area contributed by atoms with Crippen molar-refractivity contribution in [3.05, 3.63) is 23.1 Å². The van der Waals surface area contributed by atoms with E-state index in [1.54, 1.807) is 25.3 Å². The Morgan fingerprint density at radius 2 is 2.07 bits per heavy atom. The second kappa shape index (κ2) is 8.95. The van der Waals surface area contributed by atoms with Crippen molar-refractivity contribution in [1.29, 1.82) is 0 Å². The highest BCUT2D eigenvalue weighted by Gasteiger charge is 2.29. The molecule has 0 saturated heterocycles. The predicted octanol–water partition coefficient (Wildman–Crippen LogP) is 3.15. The molecule has 12 heteroatoms. The molecule has 3 rings (SSSR count). The first-order chi connectivity index (χ1) is 14.3. The third-order valence-electron chi connectivity index (χ3n) is 4.46. The Morgan fingerprint density at radius 1 is 1.33 bits per heavy atom. The minimum absolute atomic E-state index is 0.00795. The van der Waals surface area contributed by atoms with Gasteiger partial charge in [-0.3, -0.25) is 0 Å². The Kier molecular flexibility index (Phi) is 6.36. The Balaban J connectivity index is 1.83. The summed E-state index contributed by atoms with van der Waals surface area (Å²) in [6.07, 6.45) is 5.41. The lowest BCUT2D eigenvalue weighted by molar-refractivity contribution is -0.151. The van der Waals surface area contributed by atoms with E-state index in [1.165, 1.54) is 12.7 Å². The predicted molar refractivity (Wildman–Crippen MR) is 106 cm³/mol. The molecule has 1 amide bonds. The molecule has 0 unspecified atom stereocenters. The molecule has 30 heavy (non-hydrogen) atoms. The number of nitrogens with zero attached hydrogens (tertiary/aromatic N) is 7. The fourth-order valence-corrected chi connectivity index (χ4v) is 3.20. The number of carbonyl (C=O) groups is 2. The van der Waals surface area contributed by atoms with Crippen LogP contribution in [0.1, 0.15) is 46.5 Å². The van der Waals surface area contributed by atoms with Crippen LogP contribution >= 0.6 is 0 Å². The molecule has 0 spiro atoms. The summed E-state index contributed by atoms with van der Waals surface area (Å²) in [6, 6.07) is -1.02. The minimum atomic E-state index is -1.02. The van der Waals surface area contributed by atoms with E-state index in [1.807, 2.05) is 0 Å². The lowest BCUT2D eigenvalue weighted by Crippen LogP contribution is -2.47. The second-order valence-corrected chi connectivity index (χ2v) is 8.00. The average Bonchev–Trinajstić information content (AvgIpc) is 3.30. The summed E-state index contributed by atoms with van der Waals surface area (Å²) in [7, 11) is 0. The van der Waals surface area contributed by atoms with Crippen molar-refractivity contribution in [2.75, 3.05) is 0 Å². The van der Waals surface area contributed by atoms with Crippen molar-refractivity contribution in [3.8, 4) is 0 Å². The maximum atomic E-state index is 12.8. The molecule has 1 aliphatic rings. The lowest BCUT2D eigenvalue weighted by Gasteiger charge is -2.24. The number of amides is 1. The number of nitrogens with one attached hydrogen (secondary N) is 1. The van der Waals surface area contributed by atoms with Crippen LogP contribution in [0.5, 0.6) is 0 Å². The van der Waals surface area contributed by atoms with E-state index in [0.717, 1.165) is 25.7 Å². The number of rotatable bonds is 6. The van der Waals surface area contributed by atoms with Crippen molar-refractivity contribution in [1.82, 2.24) is 24.8 Å². The number of ether oxygens (including phenoxy) is 2. The average molecular weight is 416 g/mol. The summed E-state index contributed by atoms with van der Waals surface area (Å²) in [5, 5.41) is 6.07. The van der Waals surface area contributed by atoms with E-state index in [0.29, 0.717) is 5.65 Å². The van der Waals surface area contributed by atoms with Crippen molar-refractivity contribution >= 4 is 29.0 Å². The molecule has 1 atom stereocenters. The third kappa shape index (κ3) is 5.35. The van der Waals surface area contributed by atoms with Crippen molar-refractivity contribution in [3.63, 3.8) is 0 Å². The molecule has 160 valence electrons. The molecule has 0 aliphatic heterocycles. The van der Waals surface area contributed by atoms with Gasteiger partial charge in [-0.05, 0) is 57.1 Å². The first kappa shape index (κ1) is 21.3. The highest BCUT2D eigenvalue weighted by Crippen LogP contribution is 2.23. The quantitative estimate of drug-likeness (QED) is 0.328. The molecule has 1 saturated carbocycles.